The molecule has 0 aliphatic carbocycles. The molecule has 0 aromatic rings. The normalized spacial score (nSPS) is 38.6. The quantitative estimate of drug-likeness (QED) is 0.748. The van der Waals surface area contributed by atoms with Gasteiger partial charge in [-0.05, 0) is 44.6 Å². The summed E-state index contributed by atoms with van der Waals surface area (Å²) >= 11 is 0. The Labute approximate surface area is 87.3 Å². The van der Waals surface area contributed by atoms with Gasteiger partial charge in [0.15, 0.2) is 0 Å². The van der Waals surface area contributed by atoms with Crippen LogP contribution in [0, 0.1) is 5.92 Å². The Morgan fingerprint density at radius 3 is 2.86 bits per heavy atom. The molecule has 0 spiro atoms. The van der Waals surface area contributed by atoms with Crippen LogP contribution in [0.15, 0.2) is 0 Å². The van der Waals surface area contributed by atoms with Gasteiger partial charge in [0.05, 0.1) is 6.61 Å². The average molecular weight is 197 g/mol. The fourth-order valence-corrected chi connectivity index (χ4v) is 3.44. The molecule has 0 saturated carbocycles. The zero-order chi connectivity index (χ0) is 9.97. The molecule has 2 fully saturated rings. The molecule has 2 nitrogen and oxygen atoms in total. The van der Waals surface area contributed by atoms with E-state index >= 15 is 0 Å². The second-order valence-corrected chi connectivity index (χ2v) is 4.91. The molecule has 2 heterocycles. The molecular weight excluding hydrogens is 174 g/mol. The molecule has 0 amide bonds. The highest BCUT2D eigenvalue weighted by Gasteiger charge is 2.38. The van der Waals surface area contributed by atoms with Crippen LogP contribution in [0.1, 0.15) is 45.4 Å². The summed E-state index contributed by atoms with van der Waals surface area (Å²) in [7, 11) is 0. The topological polar surface area (TPSA) is 23.5 Å². The maximum atomic E-state index is 9.31. The minimum Gasteiger partial charge on any atom is -0.395 e. The predicted molar refractivity (Wildman–Crippen MR) is 58.2 cm³/mol. The second-order valence-electron chi connectivity index (χ2n) is 4.91. The monoisotopic (exact) mass is 197 g/mol. The van der Waals surface area contributed by atoms with Crippen molar-refractivity contribution >= 4 is 0 Å². The summed E-state index contributed by atoms with van der Waals surface area (Å²) in [5.74, 6) is 0.922. The maximum absolute atomic E-state index is 9.31. The van der Waals surface area contributed by atoms with Crippen molar-refractivity contribution in [2.75, 3.05) is 13.2 Å². The standard InChI is InChI=1S/C12H23NO/c1-2-4-10-6-7-11(9-14)13-8-3-5-12(10)13/h10-12,14H,2-9H2,1H3/t10-,11+,12+/m1/s1. The van der Waals surface area contributed by atoms with Gasteiger partial charge in [-0.15, -0.1) is 0 Å². The molecule has 0 aromatic heterocycles. The Kier molecular flexibility index (Phi) is 3.45. The molecule has 0 aromatic carbocycles. The third-order valence-corrected chi connectivity index (χ3v) is 4.10. The van der Waals surface area contributed by atoms with E-state index in [0.29, 0.717) is 12.6 Å². The fourth-order valence-electron chi connectivity index (χ4n) is 3.44. The van der Waals surface area contributed by atoms with E-state index in [4.69, 9.17) is 0 Å². The van der Waals surface area contributed by atoms with E-state index in [1.54, 1.807) is 0 Å². The number of hydrogen-bond acceptors (Lipinski definition) is 2. The number of nitrogens with zero attached hydrogens (tertiary/aromatic N) is 1. The summed E-state index contributed by atoms with van der Waals surface area (Å²) in [5.41, 5.74) is 0. The third kappa shape index (κ3) is 1.82. The van der Waals surface area contributed by atoms with Gasteiger partial charge in [-0.25, -0.2) is 0 Å². The van der Waals surface area contributed by atoms with E-state index in [1.165, 1.54) is 45.1 Å². The van der Waals surface area contributed by atoms with E-state index < -0.39 is 0 Å². The van der Waals surface area contributed by atoms with Gasteiger partial charge in [0.2, 0.25) is 0 Å². The van der Waals surface area contributed by atoms with Crippen LogP contribution in [0.25, 0.3) is 0 Å². The van der Waals surface area contributed by atoms with Gasteiger partial charge in [0.1, 0.15) is 0 Å². The molecule has 2 rings (SSSR count). The van der Waals surface area contributed by atoms with Crippen LogP contribution < -0.4 is 0 Å². The Bertz CT molecular complexity index is 183. The zero-order valence-corrected chi connectivity index (χ0v) is 9.28. The van der Waals surface area contributed by atoms with Crippen LogP contribution >= 0.6 is 0 Å². The molecule has 82 valence electrons. The lowest BCUT2D eigenvalue weighted by atomic mass is 9.83. The van der Waals surface area contributed by atoms with Gasteiger partial charge in [0, 0.05) is 12.1 Å². The van der Waals surface area contributed by atoms with Gasteiger partial charge >= 0.3 is 0 Å². The summed E-state index contributed by atoms with van der Waals surface area (Å²) in [6.07, 6.45) is 8.00. The van der Waals surface area contributed by atoms with Crippen molar-refractivity contribution in [1.29, 1.82) is 0 Å². The lowest BCUT2D eigenvalue weighted by Crippen LogP contribution is -2.48. The number of hydrogen-bond donors (Lipinski definition) is 1. The molecule has 2 aliphatic rings. The highest BCUT2D eigenvalue weighted by molar-refractivity contribution is 4.93. The van der Waals surface area contributed by atoms with Crippen LogP contribution in [0.5, 0.6) is 0 Å². The van der Waals surface area contributed by atoms with Crippen molar-refractivity contribution in [3.05, 3.63) is 0 Å². The third-order valence-electron chi connectivity index (χ3n) is 4.10. The van der Waals surface area contributed by atoms with Crippen LogP contribution in [0.3, 0.4) is 0 Å². The number of piperidine rings is 1. The van der Waals surface area contributed by atoms with Gasteiger partial charge in [-0.1, -0.05) is 13.3 Å². The fraction of sp³-hybridized carbons (Fsp3) is 1.00. The van der Waals surface area contributed by atoms with E-state index in [2.05, 4.69) is 11.8 Å². The highest BCUT2D eigenvalue weighted by atomic mass is 16.3. The minimum absolute atomic E-state index is 0.370. The van der Waals surface area contributed by atoms with Crippen molar-refractivity contribution in [2.24, 2.45) is 5.92 Å². The molecular formula is C12H23NO. The first kappa shape index (κ1) is 10.4. The summed E-state index contributed by atoms with van der Waals surface area (Å²) in [4.78, 5) is 2.59. The van der Waals surface area contributed by atoms with E-state index in [9.17, 15) is 5.11 Å². The largest absolute Gasteiger partial charge is 0.395 e. The maximum Gasteiger partial charge on any atom is 0.0586 e. The summed E-state index contributed by atoms with van der Waals surface area (Å²) in [6, 6.07) is 1.29. The Morgan fingerprint density at radius 1 is 1.29 bits per heavy atom. The van der Waals surface area contributed by atoms with Crippen molar-refractivity contribution in [3.63, 3.8) is 0 Å². The SMILES string of the molecule is CCC[C@@H]1CC[C@@H](CO)N2CCC[C@@H]12. The van der Waals surface area contributed by atoms with E-state index in [1.807, 2.05) is 0 Å². The highest BCUT2D eigenvalue weighted by Crippen LogP contribution is 2.37. The molecule has 0 bridgehead atoms. The second kappa shape index (κ2) is 4.63. The van der Waals surface area contributed by atoms with E-state index in [0.717, 1.165) is 12.0 Å². The van der Waals surface area contributed by atoms with Gasteiger partial charge < -0.3 is 5.11 Å². The molecule has 2 aliphatic heterocycles. The lowest BCUT2D eigenvalue weighted by molar-refractivity contribution is 0.0362. The molecule has 14 heavy (non-hydrogen) atoms. The van der Waals surface area contributed by atoms with Crippen LogP contribution in [0.4, 0.5) is 0 Å². The van der Waals surface area contributed by atoms with Crippen molar-refractivity contribution in [2.45, 2.75) is 57.5 Å². The van der Waals surface area contributed by atoms with Crippen LogP contribution in [0.2, 0.25) is 0 Å². The molecule has 0 radical (unpaired) electrons. The summed E-state index contributed by atoms with van der Waals surface area (Å²) < 4.78 is 0. The van der Waals surface area contributed by atoms with Gasteiger partial charge in [0.25, 0.3) is 0 Å². The van der Waals surface area contributed by atoms with Crippen molar-refractivity contribution in [1.82, 2.24) is 4.90 Å². The Balaban J connectivity index is 1.99. The molecule has 3 atom stereocenters. The van der Waals surface area contributed by atoms with Crippen LogP contribution in [-0.4, -0.2) is 35.2 Å². The van der Waals surface area contributed by atoms with E-state index in [-0.39, 0.29) is 0 Å². The number of aliphatic hydroxyl groups excluding tert-OH is 1. The first-order chi connectivity index (χ1) is 6.86. The van der Waals surface area contributed by atoms with Crippen molar-refractivity contribution < 1.29 is 5.11 Å². The smallest absolute Gasteiger partial charge is 0.0586 e. The summed E-state index contributed by atoms with van der Waals surface area (Å²) in [6.45, 7) is 3.89. The first-order valence-electron chi connectivity index (χ1n) is 6.23. The van der Waals surface area contributed by atoms with Crippen LogP contribution in [-0.2, 0) is 0 Å². The lowest BCUT2D eigenvalue weighted by Gasteiger charge is -2.42. The Morgan fingerprint density at radius 2 is 2.14 bits per heavy atom. The summed E-state index contributed by atoms with van der Waals surface area (Å²) in [5, 5.41) is 9.31. The molecule has 0 unspecified atom stereocenters. The number of rotatable bonds is 3. The molecule has 2 saturated heterocycles. The predicted octanol–water partition coefficient (Wildman–Crippen LogP) is 2.02. The van der Waals surface area contributed by atoms with Gasteiger partial charge in [-0.2, -0.15) is 0 Å². The number of aliphatic hydroxyl groups is 1. The van der Waals surface area contributed by atoms with Crippen molar-refractivity contribution in [3.8, 4) is 0 Å². The average Bonchev–Trinajstić information content (AvgIpc) is 2.67. The number of fused-ring (bicyclic) bond motifs is 1. The first-order valence-corrected chi connectivity index (χ1v) is 6.23. The molecule has 2 heteroatoms. The zero-order valence-electron chi connectivity index (χ0n) is 9.28. The Hall–Kier alpha value is -0.0800. The molecule has 1 N–H and O–H groups in total. The van der Waals surface area contributed by atoms with Gasteiger partial charge in [-0.3, -0.25) is 4.90 Å². The minimum atomic E-state index is 0.370.